The van der Waals surface area contributed by atoms with E-state index < -0.39 is 35.3 Å². The minimum absolute atomic E-state index is 0.181. The van der Waals surface area contributed by atoms with Crippen molar-refractivity contribution in [3.05, 3.63) is 41.3 Å². The van der Waals surface area contributed by atoms with Crippen LogP contribution in [0.5, 0.6) is 0 Å². The second kappa shape index (κ2) is 9.39. The second-order valence-corrected chi connectivity index (χ2v) is 9.87. The Balaban J connectivity index is 2.48. The summed E-state index contributed by atoms with van der Waals surface area (Å²) in [6.45, 7) is 10.1. The zero-order valence-electron chi connectivity index (χ0n) is 18.8. The monoisotopic (exact) mass is 461 g/mol. The maximum Gasteiger partial charge on any atom is 0.437 e. The molecule has 0 aliphatic carbocycles. The summed E-state index contributed by atoms with van der Waals surface area (Å²) in [5.74, 6) is -1.45. The number of guanidine groups is 1. The third-order valence-corrected chi connectivity index (χ3v) is 4.73. The minimum Gasteiger partial charge on any atom is -0.477 e. The lowest BCUT2D eigenvalue weighted by Gasteiger charge is -2.27. The molecule has 0 spiro atoms. The molecule has 3 N–H and O–H groups in total. The van der Waals surface area contributed by atoms with E-state index in [4.69, 9.17) is 15.2 Å². The maximum atomic E-state index is 12.9. The van der Waals surface area contributed by atoms with Crippen molar-refractivity contribution >= 4 is 41.1 Å². The van der Waals surface area contributed by atoms with Gasteiger partial charge in [-0.1, -0.05) is 12.1 Å². The number of aromatic carboxylic acids is 1. The summed E-state index contributed by atoms with van der Waals surface area (Å²) in [6.07, 6.45) is -1.79. The highest BCUT2D eigenvalue weighted by Crippen LogP contribution is 2.31. The lowest BCUT2D eigenvalue weighted by atomic mass is 10.1. The molecule has 0 saturated carbocycles. The van der Waals surface area contributed by atoms with Gasteiger partial charge in [0.1, 0.15) is 16.1 Å². The van der Waals surface area contributed by atoms with Crippen molar-refractivity contribution < 1.29 is 29.0 Å². The fourth-order valence-electron chi connectivity index (χ4n) is 2.47. The number of hydrogen-bond acceptors (Lipinski definition) is 6. The first-order valence-electron chi connectivity index (χ1n) is 9.70. The zero-order chi connectivity index (χ0) is 24.3. The Morgan fingerprint density at radius 1 is 1.00 bits per heavy atom. The smallest absolute Gasteiger partial charge is 0.437 e. The van der Waals surface area contributed by atoms with E-state index >= 15 is 0 Å². The van der Waals surface area contributed by atoms with Crippen LogP contribution in [0.2, 0.25) is 0 Å². The fraction of sp³-hybridized carbons (Fsp3) is 0.364. The third kappa shape index (κ3) is 7.09. The summed E-state index contributed by atoms with van der Waals surface area (Å²) in [7, 11) is 0. The molecule has 0 aliphatic heterocycles. The number of carboxylic acids is 1. The Morgan fingerprint density at radius 3 is 2.16 bits per heavy atom. The number of carbonyl (C=O) groups is 3. The molecule has 10 heteroatoms. The van der Waals surface area contributed by atoms with Gasteiger partial charge in [0.05, 0.1) is 5.69 Å². The van der Waals surface area contributed by atoms with Crippen LogP contribution in [0.4, 0.5) is 15.3 Å². The van der Waals surface area contributed by atoms with E-state index in [-0.39, 0.29) is 10.6 Å². The van der Waals surface area contributed by atoms with Crippen molar-refractivity contribution in [2.45, 2.75) is 52.7 Å². The van der Waals surface area contributed by atoms with E-state index in [1.165, 1.54) is 6.07 Å². The van der Waals surface area contributed by atoms with E-state index in [2.05, 4.69) is 4.99 Å². The van der Waals surface area contributed by atoms with Gasteiger partial charge in [0.2, 0.25) is 5.96 Å². The van der Waals surface area contributed by atoms with Gasteiger partial charge in [-0.15, -0.1) is 16.3 Å². The number of anilines is 1. The van der Waals surface area contributed by atoms with Gasteiger partial charge in [0, 0.05) is 4.88 Å². The first-order valence-corrected chi connectivity index (χ1v) is 10.5. The SMILES string of the molecule is CC(C)(C)OC(=O)/N=C(\N)N(C(=O)OC(C)(C)C)c1cccc(-c2ccc(C(=O)O)s2)c1. The number of carboxylic acid groups (broad SMARTS) is 1. The molecule has 2 rings (SSSR count). The molecule has 0 atom stereocenters. The van der Waals surface area contributed by atoms with Crippen LogP contribution in [0.1, 0.15) is 51.2 Å². The Bertz CT molecular complexity index is 1050. The van der Waals surface area contributed by atoms with E-state index in [9.17, 15) is 19.5 Å². The lowest BCUT2D eigenvalue weighted by molar-refractivity contribution is 0.0598. The summed E-state index contributed by atoms with van der Waals surface area (Å²) < 4.78 is 10.6. The van der Waals surface area contributed by atoms with Crippen molar-refractivity contribution in [3.63, 3.8) is 0 Å². The fourth-order valence-corrected chi connectivity index (χ4v) is 3.31. The molecule has 0 aliphatic rings. The van der Waals surface area contributed by atoms with Crippen LogP contribution in [-0.4, -0.2) is 40.4 Å². The zero-order valence-corrected chi connectivity index (χ0v) is 19.6. The summed E-state index contributed by atoms with van der Waals surface area (Å²) in [6, 6.07) is 9.82. The average Bonchev–Trinajstić information content (AvgIpc) is 3.09. The molecule has 1 aromatic carbocycles. The Kier molecular flexibility index (Phi) is 7.30. The van der Waals surface area contributed by atoms with Crippen molar-refractivity contribution in [3.8, 4) is 10.4 Å². The summed E-state index contributed by atoms with van der Waals surface area (Å²) in [5.41, 5.74) is 5.33. The predicted octanol–water partition coefficient (Wildman–Crippen LogP) is 5.10. The number of benzene rings is 1. The van der Waals surface area contributed by atoms with Crippen molar-refractivity contribution in [1.82, 2.24) is 0 Å². The predicted molar refractivity (Wildman–Crippen MR) is 123 cm³/mol. The molecule has 1 aromatic heterocycles. The number of amides is 2. The first kappa shape index (κ1) is 24.9. The number of nitrogens with zero attached hydrogens (tertiary/aromatic N) is 2. The number of carbonyl (C=O) groups excluding carboxylic acids is 2. The molecule has 9 nitrogen and oxygen atoms in total. The summed E-state index contributed by atoms with van der Waals surface area (Å²) in [5, 5.41) is 9.17. The van der Waals surface area contributed by atoms with Crippen LogP contribution in [0.3, 0.4) is 0 Å². The highest BCUT2D eigenvalue weighted by Gasteiger charge is 2.28. The number of hydrogen-bond donors (Lipinski definition) is 2. The maximum absolute atomic E-state index is 12.9. The van der Waals surface area contributed by atoms with Crippen LogP contribution < -0.4 is 10.6 Å². The largest absolute Gasteiger partial charge is 0.477 e. The molecule has 0 saturated heterocycles. The molecular weight excluding hydrogens is 434 g/mol. The molecule has 32 heavy (non-hydrogen) atoms. The number of ether oxygens (including phenoxy) is 2. The molecule has 0 fully saturated rings. The highest BCUT2D eigenvalue weighted by molar-refractivity contribution is 7.17. The van der Waals surface area contributed by atoms with Gasteiger partial charge >= 0.3 is 18.2 Å². The Labute approximate surface area is 190 Å². The molecule has 0 radical (unpaired) electrons. The van der Waals surface area contributed by atoms with E-state index in [0.717, 1.165) is 16.2 Å². The van der Waals surface area contributed by atoms with E-state index in [0.29, 0.717) is 10.4 Å². The normalized spacial score (nSPS) is 12.2. The second-order valence-electron chi connectivity index (χ2n) is 8.79. The highest BCUT2D eigenvalue weighted by atomic mass is 32.1. The quantitative estimate of drug-likeness (QED) is 0.480. The minimum atomic E-state index is -1.03. The number of rotatable bonds is 3. The Hall–Kier alpha value is -3.40. The topological polar surface area (TPSA) is 132 Å². The Morgan fingerprint density at radius 2 is 1.62 bits per heavy atom. The molecule has 0 unspecified atom stereocenters. The van der Waals surface area contributed by atoms with Crippen molar-refractivity contribution in [1.29, 1.82) is 0 Å². The number of aliphatic imine (C=N–C) groups is 1. The van der Waals surface area contributed by atoms with Gasteiger partial charge in [0.15, 0.2) is 0 Å². The van der Waals surface area contributed by atoms with E-state index in [1.807, 2.05) is 0 Å². The lowest BCUT2D eigenvalue weighted by Crippen LogP contribution is -2.45. The van der Waals surface area contributed by atoms with Crippen LogP contribution >= 0.6 is 11.3 Å². The first-order chi connectivity index (χ1) is 14.7. The van der Waals surface area contributed by atoms with Crippen LogP contribution in [0, 0.1) is 0 Å². The molecular formula is C22H27N3O6S. The van der Waals surface area contributed by atoms with Gasteiger partial charge in [-0.3, -0.25) is 0 Å². The van der Waals surface area contributed by atoms with Crippen LogP contribution in [0.25, 0.3) is 10.4 Å². The molecule has 172 valence electrons. The standard InChI is InChI=1S/C22H27N3O6S/c1-21(2,3)30-19(28)24-18(23)25(20(29)31-22(4,5)6)14-9-7-8-13(12-14)15-10-11-16(32-15)17(26)27/h7-12H,1-6H3,(H,26,27)(H2,23,24,28). The van der Waals surface area contributed by atoms with Gasteiger partial charge in [0.25, 0.3) is 0 Å². The summed E-state index contributed by atoms with van der Waals surface area (Å²) in [4.78, 5) is 41.8. The van der Waals surface area contributed by atoms with Crippen LogP contribution in [0.15, 0.2) is 41.4 Å². The van der Waals surface area contributed by atoms with Gasteiger partial charge in [-0.05, 0) is 71.4 Å². The number of thiophene rings is 1. The molecule has 1 heterocycles. The number of nitrogens with two attached hydrogens (primary N) is 1. The van der Waals surface area contributed by atoms with Gasteiger partial charge in [-0.2, -0.15) is 0 Å². The van der Waals surface area contributed by atoms with Gasteiger partial charge < -0.3 is 20.3 Å². The van der Waals surface area contributed by atoms with Gasteiger partial charge in [-0.25, -0.2) is 19.3 Å². The molecule has 2 amide bonds. The molecule has 2 aromatic rings. The third-order valence-electron chi connectivity index (χ3n) is 3.61. The van der Waals surface area contributed by atoms with E-state index in [1.54, 1.807) is 71.9 Å². The van der Waals surface area contributed by atoms with Crippen molar-refractivity contribution in [2.24, 2.45) is 10.7 Å². The average molecular weight is 462 g/mol. The summed E-state index contributed by atoms with van der Waals surface area (Å²) >= 11 is 1.09. The van der Waals surface area contributed by atoms with Crippen LogP contribution in [-0.2, 0) is 9.47 Å². The van der Waals surface area contributed by atoms with Crippen molar-refractivity contribution in [2.75, 3.05) is 4.90 Å². The molecule has 0 bridgehead atoms.